The number of carbonyl (C=O) groups excluding carboxylic acids is 1. The minimum Gasteiger partial charge on any atom is -0.495 e. The fourth-order valence-electron chi connectivity index (χ4n) is 4.45. The van der Waals surface area contributed by atoms with E-state index in [1.165, 1.54) is 11.1 Å². The molecule has 34 heavy (non-hydrogen) atoms. The van der Waals surface area contributed by atoms with Gasteiger partial charge in [0, 0.05) is 18.3 Å². The first-order valence-corrected chi connectivity index (χ1v) is 11.3. The number of pyridine rings is 1. The number of hydrogen-bond donors (Lipinski definition) is 0. The zero-order chi connectivity index (χ0) is 23.3. The summed E-state index contributed by atoms with van der Waals surface area (Å²) in [6.45, 7) is 0.649. The molecule has 166 valence electrons. The minimum atomic E-state index is -0.135. The number of amides is 1. The van der Waals surface area contributed by atoms with Crippen LogP contribution >= 0.6 is 0 Å². The molecule has 4 aromatic rings. The lowest BCUT2D eigenvalue weighted by atomic mass is 9.87. The highest BCUT2D eigenvalue weighted by molar-refractivity contribution is 5.95. The summed E-state index contributed by atoms with van der Waals surface area (Å²) in [6.07, 6.45) is 2.53. The molecule has 0 spiro atoms. The van der Waals surface area contributed by atoms with E-state index in [0.717, 1.165) is 12.0 Å². The van der Waals surface area contributed by atoms with E-state index in [1.54, 1.807) is 13.3 Å². The Balaban J connectivity index is 1.53. The number of hydrogen-bond acceptors (Lipinski definition) is 3. The van der Waals surface area contributed by atoms with Gasteiger partial charge in [0.25, 0.3) is 5.91 Å². The van der Waals surface area contributed by atoms with E-state index < -0.39 is 0 Å². The molecule has 0 fully saturated rings. The van der Waals surface area contributed by atoms with Gasteiger partial charge in [0.2, 0.25) is 0 Å². The molecular formula is C30H24N2O2. The molecule has 1 aliphatic heterocycles. The standard InChI is InChI=1S/C30H24N2O2/c1-34-28-17-15-25(21-24(28)14-16-26-12-7-8-19-31-26)30(33)32-20-18-22-9-5-6-13-27(22)29(32)23-10-3-2-4-11-23/h2-13,15,17,19,21,29H,18,20H2,1H3/t29-/m0/s1. The van der Waals surface area contributed by atoms with Crippen molar-refractivity contribution < 1.29 is 9.53 Å². The van der Waals surface area contributed by atoms with Crippen LogP contribution < -0.4 is 4.74 Å². The van der Waals surface area contributed by atoms with Crippen LogP contribution in [-0.4, -0.2) is 29.4 Å². The van der Waals surface area contributed by atoms with E-state index in [-0.39, 0.29) is 11.9 Å². The Morgan fingerprint density at radius 2 is 1.74 bits per heavy atom. The Bertz CT molecular complexity index is 1370. The van der Waals surface area contributed by atoms with E-state index in [2.05, 4.69) is 47.2 Å². The van der Waals surface area contributed by atoms with E-state index in [0.29, 0.717) is 29.1 Å². The maximum atomic E-state index is 13.8. The molecule has 4 nitrogen and oxygen atoms in total. The van der Waals surface area contributed by atoms with Gasteiger partial charge in [-0.15, -0.1) is 0 Å². The van der Waals surface area contributed by atoms with Gasteiger partial charge in [-0.2, -0.15) is 0 Å². The molecule has 0 saturated heterocycles. The average Bonchev–Trinajstić information content (AvgIpc) is 2.91. The number of nitrogens with zero attached hydrogens (tertiary/aromatic N) is 2. The number of carbonyl (C=O) groups is 1. The normalized spacial score (nSPS) is 14.5. The summed E-state index contributed by atoms with van der Waals surface area (Å²) in [4.78, 5) is 20.1. The minimum absolute atomic E-state index is 0.0214. The molecule has 1 amide bonds. The highest BCUT2D eigenvalue weighted by atomic mass is 16.5. The molecule has 0 bridgehead atoms. The van der Waals surface area contributed by atoms with Crippen LogP contribution in [0.3, 0.4) is 0 Å². The summed E-state index contributed by atoms with van der Waals surface area (Å²) in [5, 5.41) is 0. The van der Waals surface area contributed by atoms with Crippen LogP contribution in [0.25, 0.3) is 0 Å². The van der Waals surface area contributed by atoms with Gasteiger partial charge in [-0.25, -0.2) is 4.98 Å². The lowest BCUT2D eigenvalue weighted by molar-refractivity contribution is 0.0694. The number of rotatable bonds is 3. The monoisotopic (exact) mass is 444 g/mol. The number of benzene rings is 3. The second kappa shape index (κ2) is 9.64. The van der Waals surface area contributed by atoms with Crippen molar-refractivity contribution in [2.24, 2.45) is 0 Å². The van der Waals surface area contributed by atoms with E-state index in [4.69, 9.17) is 4.74 Å². The van der Waals surface area contributed by atoms with Crippen LogP contribution in [0.4, 0.5) is 0 Å². The lowest BCUT2D eigenvalue weighted by Crippen LogP contribution is -2.40. The maximum Gasteiger partial charge on any atom is 0.254 e. The van der Waals surface area contributed by atoms with E-state index >= 15 is 0 Å². The molecule has 0 unspecified atom stereocenters. The predicted molar refractivity (Wildman–Crippen MR) is 133 cm³/mol. The fourth-order valence-corrected chi connectivity index (χ4v) is 4.45. The second-order valence-corrected chi connectivity index (χ2v) is 8.14. The van der Waals surface area contributed by atoms with Crippen molar-refractivity contribution in [1.82, 2.24) is 9.88 Å². The number of ether oxygens (including phenoxy) is 1. The Labute approximate surface area is 199 Å². The molecule has 1 atom stereocenters. The molecule has 0 N–H and O–H groups in total. The van der Waals surface area contributed by atoms with Crippen LogP contribution in [0.15, 0.2) is 97.2 Å². The van der Waals surface area contributed by atoms with Gasteiger partial charge in [0.15, 0.2) is 0 Å². The van der Waals surface area contributed by atoms with Crippen molar-refractivity contribution in [2.45, 2.75) is 12.5 Å². The van der Waals surface area contributed by atoms with Crippen molar-refractivity contribution in [3.8, 4) is 17.6 Å². The van der Waals surface area contributed by atoms with Crippen LogP contribution in [0.2, 0.25) is 0 Å². The highest BCUT2D eigenvalue weighted by Gasteiger charge is 2.32. The van der Waals surface area contributed by atoms with E-state index in [9.17, 15) is 4.79 Å². The Kier molecular flexibility index (Phi) is 6.09. The molecule has 2 heterocycles. The van der Waals surface area contributed by atoms with Crippen LogP contribution in [0.5, 0.6) is 5.75 Å². The highest BCUT2D eigenvalue weighted by Crippen LogP contribution is 2.36. The number of fused-ring (bicyclic) bond motifs is 1. The first-order chi connectivity index (χ1) is 16.7. The molecule has 1 aromatic heterocycles. The third kappa shape index (κ3) is 4.29. The Hall–Kier alpha value is -4.36. The quantitative estimate of drug-likeness (QED) is 0.404. The smallest absolute Gasteiger partial charge is 0.254 e. The van der Waals surface area contributed by atoms with Gasteiger partial charge in [0.1, 0.15) is 11.4 Å². The molecule has 0 aliphatic carbocycles. The van der Waals surface area contributed by atoms with Crippen molar-refractivity contribution in [3.05, 3.63) is 131 Å². The molecule has 5 rings (SSSR count). The van der Waals surface area contributed by atoms with Gasteiger partial charge in [-0.3, -0.25) is 4.79 Å². The zero-order valence-corrected chi connectivity index (χ0v) is 18.9. The maximum absolute atomic E-state index is 13.8. The molecule has 4 heteroatoms. The lowest BCUT2D eigenvalue weighted by Gasteiger charge is -2.38. The van der Waals surface area contributed by atoms with Crippen molar-refractivity contribution in [1.29, 1.82) is 0 Å². The van der Waals surface area contributed by atoms with Gasteiger partial charge >= 0.3 is 0 Å². The van der Waals surface area contributed by atoms with Crippen molar-refractivity contribution >= 4 is 5.91 Å². The first-order valence-electron chi connectivity index (χ1n) is 11.3. The molecule has 0 saturated carbocycles. The molecular weight excluding hydrogens is 420 g/mol. The summed E-state index contributed by atoms with van der Waals surface area (Å²) in [5.74, 6) is 6.80. The van der Waals surface area contributed by atoms with Crippen molar-refractivity contribution in [2.75, 3.05) is 13.7 Å². The topological polar surface area (TPSA) is 42.4 Å². The second-order valence-electron chi connectivity index (χ2n) is 8.14. The third-order valence-corrected chi connectivity index (χ3v) is 6.10. The molecule has 3 aromatic carbocycles. The zero-order valence-electron chi connectivity index (χ0n) is 18.9. The van der Waals surface area contributed by atoms with Crippen LogP contribution in [0.1, 0.15) is 44.3 Å². The van der Waals surface area contributed by atoms with Gasteiger partial charge in [-0.05, 0) is 59.4 Å². The Morgan fingerprint density at radius 3 is 2.53 bits per heavy atom. The third-order valence-electron chi connectivity index (χ3n) is 6.10. The van der Waals surface area contributed by atoms with Crippen LogP contribution in [0, 0.1) is 11.8 Å². The summed E-state index contributed by atoms with van der Waals surface area (Å²) in [5.41, 5.74) is 5.48. The first kappa shape index (κ1) is 21.5. The summed E-state index contributed by atoms with van der Waals surface area (Å²) in [7, 11) is 1.61. The summed E-state index contributed by atoms with van der Waals surface area (Å²) >= 11 is 0. The molecule has 1 aliphatic rings. The number of methoxy groups -OCH3 is 1. The van der Waals surface area contributed by atoms with Gasteiger partial charge in [0.05, 0.1) is 18.7 Å². The Morgan fingerprint density at radius 1 is 0.941 bits per heavy atom. The fraction of sp³-hybridized carbons (Fsp3) is 0.133. The summed E-state index contributed by atoms with van der Waals surface area (Å²) in [6, 6.07) is 29.5. The van der Waals surface area contributed by atoms with E-state index in [1.807, 2.05) is 65.6 Å². The average molecular weight is 445 g/mol. The SMILES string of the molecule is COc1ccc(C(=O)N2CCc3ccccc3[C@@H]2c2ccccc2)cc1C#Cc1ccccn1. The number of aromatic nitrogens is 1. The molecule has 0 radical (unpaired) electrons. The van der Waals surface area contributed by atoms with Gasteiger partial charge in [-0.1, -0.05) is 66.6 Å². The van der Waals surface area contributed by atoms with Crippen LogP contribution in [-0.2, 0) is 6.42 Å². The van der Waals surface area contributed by atoms with Gasteiger partial charge < -0.3 is 9.64 Å². The largest absolute Gasteiger partial charge is 0.495 e. The predicted octanol–water partition coefficient (Wildman–Crippen LogP) is 5.28. The summed E-state index contributed by atoms with van der Waals surface area (Å²) < 4.78 is 5.50. The van der Waals surface area contributed by atoms with Crippen molar-refractivity contribution in [3.63, 3.8) is 0 Å².